The summed E-state index contributed by atoms with van der Waals surface area (Å²) < 4.78 is 35.0. The molecular weight excluding hydrogens is 292 g/mol. The highest BCUT2D eigenvalue weighted by Crippen LogP contribution is 2.21. The lowest BCUT2D eigenvalue weighted by atomic mass is 10.1. The summed E-state index contributed by atoms with van der Waals surface area (Å²) in [5.74, 6) is 0. The normalized spacial score (nSPS) is 27.5. The largest absolute Gasteiger partial charge is 0.378 e. The van der Waals surface area contributed by atoms with E-state index in [1.807, 2.05) is 0 Å². The topological polar surface area (TPSA) is 76.5 Å². The van der Waals surface area contributed by atoms with Crippen molar-refractivity contribution >= 4 is 10.0 Å². The molecule has 1 N–H and O–H groups in total. The summed E-state index contributed by atoms with van der Waals surface area (Å²) in [6.45, 7) is 4.83. The Kier molecular flexibility index (Phi) is 4.04. The highest BCUT2D eigenvalue weighted by atomic mass is 32.2. The van der Waals surface area contributed by atoms with Gasteiger partial charge in [-0.05, 0) is 32.9 Å². The van der Waals surface area contributed by atoms with E-state index in [0.717, 1.165) is 13.1 Å². The monoisotopic (exact) mass is 314 g/mol. The molecule has 8 heteroatoms. The average molecular weight is 314 g/mol. The van der Waals surface area contributed by atoms with Crippen LogP contribution >= 0.6 is 0 Å². The van der Waals surface area contributed by atoms with Gasteiger partial charge in [0.25, 0.3) is 0 Å². The molecule has 0 unspecified atom stereocenters. The standard InChI is InChI=1S/C13H22N4O3S/c1-10-13(7-14-16(10)2)21(18,19)15-11-8-20-9-12(11)17-5-3-4-6-17/h7,11-12,15H,3-6,8-9H2,1-2H3/t11-,12-/m0/s1. The molecule has 118 valence electrons. The van der Waals surface area contributed by atoms with Gasteiger partial charge in [0.15, 0.2) is 0 Å². The molecule has 0 bridgehead atoms. The fraction of sp³-hybridized carbons (Fsp3) is 0.769. The Morgan fingerprint density at radius 3 is 2.67 bits per heavy atom. The predicted molar refractivity (Wildman–Crippen MR) is 77.5 cm³/mol. The van der Waals surface area contributed by atoms with Crippen molar-refractivity contribution in [2.24, 2.45) is 7.05 Å². The van der Waals surface area contributed by atoms with Crippen molar-refractivity contribution in [3.8, 4) is 0 Å². The van der Waals surface area contributed by atoms with E-state index in [4.69, 9.17) is 4.74 Å². The molecule has 0 spiro atoms. The minimum Gasteiger partial charge on any atom is -0.378 e. The van der Waals surface area contributed by atoms with Crippen LogP contribution in [0.25, 0.3) is 0 Å². The zero-order valence-electron chi connectivity index (χ0n) is 12.4. The summed E-state index contributed by atoms with van der Waals surface area (Å²) in [5.41, 5.74) is 0.638. The second kappa shape index (κ2) is 5.68. The summed E-state index contributed by atoms with van der Waals surface area (Å²) >= 11 is 0. The van der Waals surface area contributed by atoms with Crippen LogP contribution in [0.3, 0.4) is 0 Å². The molecule has 3 rings (SSSR count). The Bertz CT molecular complexity index is 607. The Balaban J connectivity index is 1.77. The van der Waals surface area contributed by atoms with Crippen molar-refractivity contribution in [2.45, 2.75) is 36.7 Å². The first-order valence-electron chi connectivity index (χ1n) is 7.32. The van der Waals surface area contributed by atoms with Crippen molar-refractivity contribution in [3.63, 3.8) is 0 Å². The molecule has 0 saturated carbocycles. The van der Waals surface area contributed by atoms with E-state index in [0.29, 0.717) is 18.9 Å². The molecule has 0 aromatic carbocycles. The molecule has 2 aliphatic heterocycles. The minimum atomic E-state index is -3.56. The second-order valence-corrected chi connectivity index (χ2v) is 7.48. The fourth-order valence-corrected chi connectivity index (χ4v) is 4.55. The number of ether oxygens (including phenoxy) is 1. The van der Waals surface area contributed by atoms with E-state index in [2.05, 4.69) is 14.7 Å². The molecule has 2 saturated heterocycles. The number of nitrogens with zero attached hydrogens (tertiary/aromatic N) is 3. The maximum absolute atomic E-state index is 12.5. The van der Waals surface area contributed by atoms with Crippen molar-refractivity contribution < 1.29 is 13.2 Å². The smallest absolute Gasteiger partial charge is 0.244 e. The third-order valence-corrected chi connectivity index (χ3v) is 6.04. The first kappa shape index (κ1) is 15.0. The van der Waals surface area contributed by atoms with Gasteiger partial charge < -0.3 is 4.74 Å². The van der Waals surface area contributed by atoms with Gasteiger partial charge in [-0.25, -0.2) is 13.1 Å². The summed E-state index contributed by atoms with van der Waals surface area (Å²) in [5, 5.41) is 4.01. The van der Waals surface area contributed by atoms with Gasteiger partial charge in [0.1, 0.15) is 4.90 Å². The van der Waals surface area contributed by atoms with Gasteiger partial charge in [0.2, 0.25) is 10.0 Å². The van der Waals surface area contributed by atoms with E-state index >= 15 is 0 Å². The third kappa shape index (κ3) is 2.85. The zero-order chi connectivity index (χ0) is 15.0. The van der Waals surface area contributed by atoms with Crippen LogP contribution in [0.1, 0.15) is 18.5 Å². The molecule has 0 aliphatic carbocycles. The molecule has 7 nitrogen and oxygen atoms in total. The van der Waals surface area contributed by atoms with Crippen molar-refractivity contribution in [2.75, 3.05) is 26.3 Å². The van der Waals surface area contributed by atoms with Gasteiger partial charge in [0.05, 0.1) is 37.2 Å². The highest BCUT2D eigenvalue weighted by molar-refractivity contribution is 7.89. The van der Waals surface area contributed by atoms with Gasteiger partial charge in [0, 0.05) is 7.05 Å². The number of likely N-dealkylation sites (tertiary alicyclic amines) is 1. The zero-order valence-corrected chi connectivity index (χ0v) is 13.3. The molecule has 2 fully saturated rings. The first-order valence-corrected chi connectivity index (χ1v) is 8.80. The maximum atomic E-state index is 12.5. The number of nitrogens with one attached hydrogen (secondary N) is 1. The van der Waals surface area contributed by atoms with Gasteiger partial charge in [-0.1, -0.05) is 0 Å². The van der Waals surface area contributed by atoms with E-state index in [9.17, 15) is 8.42 Å². The van der Waals surface area contributed by atoms with Crippen LogP contribution in [0.2, 0.25) is 0 Å². The third-order valence-electron chi connectivity index (χ3n) is 4.45. The lowest BCUT2D eigenvalue weighted by Gasteiger charge is -2.27. The Hall–Kier alpha value is -0.960. The van der Waals surface area contributed by atoms with Crippen LogP contribution in [-0.4, -0.2) is 61.5 Å². The highest BCUT2D eigenvalue weighted by Gasteiger charge is 2.37. The second-order valence-electron chi connectivity index (χ2n) is 5.79. The number of aryl methyl sites for hydroxylation is 1. The fourth-order valence-electron chi connectivity index (χ4n) is 3.09. The van der Waals surface area contributed by atoms with E-state index in [1.165, 1.54) is 19.0 Å². The molecule has 2 atom stereocenters. The number of rotatable bonds is 4. The average Bonchev–Trinajstić information content (AvgIpc) is 3.12. The van der Waals surface area contributed by atoms with Gasteiger partial charge in [-0.15, -0.1) is 0 Å². The summed E-state index contributed by atoms with van der Waals surface area (Å²) in [7, 11) is -1.82. The minimum absolute atomic E-state index is 0.138. The molecule has 21 heavy (non-hydrogen) atoms. The Morgan fingerprint density at radius 1 is 1.33 bits per heavy atom. The van der Waals surface area contributed by atoms with E-state index in [-0.39, 0.29) is 17.0 Å². The van der Waals surface area contributed by atoms with Gasteiger partial charge in [-0.3, -0.25) is 9.58 Å². The lowest BCUT2D eigenvalue weighted by Crippen LogP contribution is -2.50. The van der Waals surface area contributed by atoms with Crippen molar-refractivity contribution in [3.05, 3.63) is 11.9 Å². The van der Waals surface area contributed by atoms with Crippen LogP contribution in [0.4, 0.5) is 0 Å². The van der Waals surface area contributed by atoms with Crippen molar-refractivity contribution in [1.29, 1.82) is 0 Å². The van der Waals surface area contributed by atoms with Crippen LogP contribution in [0, 0.1) is 6.92 Å². The molecule has 0 radical (unpaired) electrons. The maximum Gasteiger partial charge on any atom is 0.244 e. The SMILES string of the molecule is Cc1c(S(=O)(=O)N[C@H]2COC[C@@H]2N2CCCC2)cnn1C. The predicted octanol–water partition coefficient (Wildman–Crippen LogP) is -0.130. The molecule has 1 aromatic heterocycles. The van der Waals surface area contributed by atoms with E-state index in [1.54, 1.807) is 18.7 Å². The number of aromatic nitrogens is 2. The molecule has 3 heterocycles. The summed E-state index contributed by atoms with van der Waals surface area (Å²) in [4.78, 5) is 2.58. The molecule has 1 aromatic rings. The van der Waals surface area contributed by atoms with Crippen LogP contribution in [-0.2, 0) is 21.8 Å². The first-order chi connectivity index (χ1) is 9.99. The summed E-state index contributed by atoms with van der Waals surface area (Å²) in [6, 6.07) is -0.0491. The molecule has 0 amide bonds. The molecule has 2 aliphatic rings. The number of sulfonamides is 1. The van der Waals surface area contributed by atoms with Gasteiger partial charge >= 0.3 is 0 Å². The quantitative estimate of drug-likeness (QED) is 0.838. The van der Waals surface area contributed by atoms with Gasteiger partial charge in [-0.2, -0.15) is 5.10 Å². The Labute approximate surface area is 125 Å². The molecular formula is C13H22N4O3S. The lowest BCUT2D eigenvalue weighted by molar-refractivity contribution is 0.159. The van der Waals surface area contributed by atoms with Crippen molar-refractivity contribution in [1.82, 2.24) is 19.4 Å². The number of hydrogen-bond acceptors (Lipinski definition) is 5. The Morgan fingerprint density at radius 2 is 2.05 bits per heavy atom. The van der Waals surface area contributed by atoms with Crippen LogP contribution in [0.15, 0.2) is 11.1 Å². The summed E-state index contributed by atoms with van der Waals surface area (Å²) in [6.07, 6.45) is 3.76. The van der Waals surface area contributed by atoms with E-state index < -0.39 is 10.0 Å². The van der Waals surface area contributed by atoms with Crippen LogP contribution in [0.5, 0.6) is 0 Å². The number of hydrogen-bond donors (Lipinski definition) is 1. The van der Waals surface area contributed by atoms with Crippen LogP contribution < -0.4 is 4.72 Å².